The molecule has 1 nitrogen and oxygen atoms in total. The SMILES string of the molecule is CC(C)CCC[C@@H](C)[C@@H]1CC[C@@H]2[C@@H]3CCC4=CC(=O)CC[C@]4(C)[C@H]3CC[C@@]21C. The van der Waals surface area contributed by atoms with Crippen molar-refractivity contribution in [2.45, 2.75) is 105 Å². The molecule has 0 aliphatic heterocycles. The molecule has 3 saturated carbocycles. The second-order valence-corrected chi connectivity index (χ2v) is 12.0. The average molecular weight is 385 g/mol. The Labute approximate surface area is 174 Å². The fraction of sp³-hybridized carbons (Fsp3) is 0.889. The Morgan fingerprint density at radius 2 is 1.75 bits per heavy atom. The molecule has 0 saturated heterocycles. The molecule has 0 N–H and O–H groups in total. The highest BCUT2D eigenvalue weighted by Gasteiger charge is 2.59. The van der Waals surface area contributed by atoms with Gasteiger partial charge in [0.1, 0.15) is 0 Å². The van der Waals surface area contributed by atoms with Crippen molar-refractivity contribution in [1.82, 2.24) is 0 Å². The molecule has 28 heavy (non-hydrogen) atoms. The molecule has 1 heteroatoms. The zero-order chi connectivity index (χ0) is 20.1. The summed E-state index contributed by atoms with van der Waals surface area (Å²) in [7, 11) is 0. The normalized spacial score (nSPS) is 43.9. The van der Waals surface area contributed by atoms with Crippen LogP contribution < -0.4 is 0 Å². The van der Waals surface area contributed by atoms with Crippen LogP contribution >= 0.6 is 0 Å². The first-order valence-electron chi connectivity index (χ1n) is 12.5. The van der Waals surface area contributed by atoms with Crippen molar-refractivity contribution in [1.29, 1.82) is 0 Å². The summed E-state index contributed by atoms with van der Waals surface area (Å²) in [5.74, 6) is 5.79. The van der Waals surface area contributed by atoms with E-state index in [-0.39, 0.29) is 0 Å². The van der Waals surface area contributed by atoms with Crippen molar-refractivity contribution < 1.29 is 4.79 Å². The van der Waals surface area contributed by atoms with Gasteiger partial charge in [-0.1, -0.05) is 59.5 Å². The second kappa shape index (κ2) is 7.59. The van der Waals surface area contributed by atoms with Crippen molar-refractivity contribution in [2.24, 2.45) is 46.3 Å². The Morgan fingerprint density at radius 1 is 0.964 bits per heavy atom. The van der Waals surface area contributed by atoms with Crippen LogP contribution in [0.25, 0.3) is 0 Å². The molecule has 0 amide bonds. The fourth-order valence-corrected chi connectivity index (χ4v) is 8.58. The van der Waals surface area contributed by atoms with Gasteiger partial charge in [0.15, 0.2) is 5.78 Å². The van der Waals surface area contributed by atoms with Crippen molar-refractivity contribution in [3.05, 3.63) is 11.6 Å². The smallest absolute Gasteiger partial charge is 0.155 e. The van der Waals surface area contributed by atoms with Gasteiger partial charge in [0, 0.05) is 6.42 Å². The molecule has 0 radical (unpaired) electrons. The molecule has 0 unspecified atom stereocenters. The number of carbonyl (C=O) groups is 1. The topological polar surface area (TPSA) is 17.1 Å². The number of fused-ring (bicyclic) bond motifs is 5. The van der Waals surface area contributed by atoms with Crippen LogP contribution in [0.1, 0.15) is 105 Å². The summed E-state index contributed by atoms with van der Waals surface area (Å²) in [6.45, 7) is 12.5. The molecular formula is C27H44O. The van der Waals surface area contributed by atoms with E-state index in [0.29, 0.717) is 16.6 Å². The van der Waals surface area contributed by atoms with Crippen LogP contribution in [0.4, 0.5) is 0 Å². The summed E-state index contributed by atoms with van der Waals surface area (Å²) >= 11 is 0. The monoisotopic (exact) mass is 384 g/mol. The number of hydrogen-bond donors (Lipinski definition) is 0. The van der Waals surface area contributed by atoms with Crippen molar-refractivity contribution >= 4 is 5.78 Å². The van der Waals surface area contributed by atoms with Crippen molar-refractivity contribution in [3.63, 3.8) is 0 Å². The third-order valence-electron chi connectivity index (χ3n) is 10.2. The van der Waals surface area contributed by atoms with Gasteiger partial charge in [0.25, 0.3) is 0 Å². The van der Waals surface area contributed by atoms with E-state index in [0.717, 1.165) is 48.3 Å². The summed E-state index contributed by atoms with van der Waals surface area (Å²) in [5.41, 5.74) is 2.43. The number of rotatable bonds is 5. The molecule has 0 heterocycles. The van der Waals surface area contributed by atoms with E-state index < -0.39 is 0 Å². The van der Waals surface area contributed by atoms with Gasteiger partial charge in [-0.25, -0.2) is 0 Å². The first-order valence-corrected chi connectivity index (χ1v) is 12.5. The predicted octanol–water partition coefficient (Wildman–Crippen LogP) is 7.60. The zero-order valence-electron chi connectivity index (χ0n) is 19.2. The van der Waals surface area contributed by atoms with E-state index in [1.54, 1.807) is 0 Å². The molecule has 4 rings (SSSR count). The van der Waals surface area contributed by atoms with Gasteiger partial charge in [-0.05, 0) is 97.4 Å². The van der Waals surface area contributed by atoms with Gasteiger partial charge in [0.05, 0.1) is 0 Å². The van der Waals surface area contributed by atoms with Gasteiger partial charge in [-0.15, -0.1) is 0 Å². The molecule has 158 valence electrons. The lowest BCUT2D eigenvalue weighted by Gasteiger charge is -2.58. The van der Waals surface area contributed by atoms with Gasteiger partial charge < -0.3 is 0 Å². The number of hydrogen-bond acceptors (Lipinski definition) is 1. The molecule has 7 atom stereocenters. The van der Waals surface area contributed by atoms with Crippen LogP contribution in [0.5, 0.6) is 0 Å². The standard InChI is InChI=1S/C27H44O/c1-18(2)7-6-8-19(3)23-11-12-24-22-10-9-20-17-21(28)13-15-26(20,4)25(22)14-16-27(23,24)5/h17-19,22-25H,6-16H2,1-5H3/t19-,22+,23+,24-,25+,26+,27-/m1/s1. The number of ketones is 1. The van der Waals surface area contributed by atoms with Crippen molar-refractivity contribution in [3.8, 4) is 0 Å². The van der Waals surface area contributed by atoms with Gasteiger partial charge >= 0.3 is 0 Å². The Balaban J connectivity index is 1.49. The minimum atomic E-state index is 0.332. The lowest BCUT2D eigenvalue weighted by atomic mass is 9.46. The van der Waals surface area contributed by atoms with E-state index in [4.69, 9.17) is 0 Å². The minimum absolute atomic E-state index is 0.332. The van der Waals surface area contributed by atoms with E-state index in [9.17, 15) is 4.79 Å². The maximum Gasteiger partial charge on any atom is 0.155 e. The summed E-state index contributed by atoms with van der Waals surface area (Å²) in [5, 5.41) is 0. The Bertz CT molecular complexity index is 630. The summed E-state index contributed by atoms with van der Waals surface area (Å²) in [4.78, 5) is 12.0. The molecule has 0 aromatic carbocycles. The quantitative estimate of drug-likeness (QED) is 0.477. The van der Waals surface area contributed by atoms with Crippen molar-refractivity contribution in [2.75, 3.05) is 0 Å². The predicted molar refractivity (Wildman–Crippen MR) is 118 cm³/mol. The Hall–Kier alpha value is -0.590. The molecule has 0 aromatic rings. The van der Waals surface area contributed by atoms with E-state index >= 15 is 0 Å². The summed E-state index contributed by atoms with van der Waals surface area (Å²) in [6, 6.07) is 0. The van der Waals surface area contributed by atoms with Crippen LogP contribution in [-0.4, -0.2) is 5.78 Å². The zero-order valence-corrected chi connectivity index (χ0v) is 19.2. The number of allylic oxidation sites excluding steroid dienone is 1. The van der Waals surface area contributed by atoms with E-state index in [1.165, 1.54) is 63.4 Å². The first kappa shape index (κ1) is 20.7. The Kier molecular flexibility index (Phi) is 5.60. The second-order valence-electron chi connectivity index (χ2n) is 12.0. The lowest BCUT2D eigenvalue weighted by Crippen LogP contribution is -2.50. The van der Waals surface area contributed by atoms with Gasteiger partial charge in [-0.3, -0.25) is 4.79 Å². The number of carbonyl (C=O) groups excluding carboxylic acids is 1. The van der Waals surface area contributed by atoms with E-state index in [2.05, 4.69) is 40.7 Å². The van der Waals surface area contributed by atoms with Crippen LogP contribution in [0.15, 0.2) is 11.6 Å². The highest BCUT2D eigenvalue weighted by atomic mass is 16.1. The highest BCUT2D eigenvalue weighted by molar-refractivity contribution is 5.91. The molecule has 4 aliphatic carbocycles. The highest BCUT2D eigenvalue weighted by Crippen LogP contribution is 2.67. The maximum absolute atomic E-state index is 12.0. The first-order chi connectivity index (χ1) is 13.3. The minimum Gasteiger partial charge on any atom is -0.295 e. The summed E-state index contributed by atoms with van der Waals surface area (Å²) < 4.78 is 0. The summed E-state index contributed by atoms with van der Waals surface area (Å²) in [6.07, 6.45) is 16.6. The largest absolute Gasteiger partial charge is 0.295 e. The molecule has 3 fully saturated rings. The van der Waals surface area contributed by atoms with Crippen LogP contribution in [0, 0.1) is 46.3 Å². The van der Waals surface area contributed by atoms with Gasteiger partial charge in [-0.2, -0.15) is 0 Å². The lowest BCUT2D eigenvalue weighted by molar-refractivity contribution is -0.117. The third kappa shape index (κ3) is 3.33. The maximum atomic E-state index is 12.0. The molecular weight excluding hydrogens is 340 g/mol. The molecule has 0 bridgehead atoms. The van der Waals surface area contributed by atoms with Crippen LogP contribution in [-0.2, 0) is 4.79 Å². The fourth-order valence-electron chi connectivity index (χ4n) is 8.58. The third-order valence-corrected chi connectivity index (χ3v) is 10.2. The molecule has 0 aromatic heterocycles. The van der Waals surface area contributed by atoms with Crippen LogP contribution in [0.3, 0.4) is 0 Å². The van der Waals surface area contributed by atoms with E-state index in [1.807, 2.05) is 0 Å². The van der Waals surface area contributed by atoms with Gasteiger partial charge in [0.2, 0.25) is 0 Å². The Morgan fingerprint density at radius 3 is 2.50 bits per heavy atom. The van der Waals surface area contributed by atoms with Crippen LogP contribution in [0.2, 0.25) is 0 Å². The molecule has 0 spiro atoms. The average Bonchev–Trinajstić information content (AvgIpc) is 2.99. The molecule has 4 aliphatic rings.